The van der Waals surface area contributed by atoms with Gasteiger partial charge >= 0.3 is 5.69 Å². The molecule has 0 saturated heterocycles. The number of nitrogens with zero attached hydrogens (tertiary/aromatic N) is 2. The van der Waals surface area contributed by atoms with Crippen LogP contribution in [0.5, 0.6) is 0 Å². The summed E-state index contributed by atoms with van der Waals surface area (Å²) >= 11 is 0. The van der Waals surface area contributed by atoms with Gasteiger partial charge in [-0.15, -0.1) is 0 Å². The Morgan fingerprint density at radius 3 is 2.42 bits per heavy atom. The summed E-state index contributed by atoms with van der Waals surface area (Å²) in [6, 6.07) is 15.6. The van der Waals surface area contributed by atoms with Crippen molar-refractivity contribution >= 4 is 10.9 Å². The molecule has 0 spiro atoms. The molecule has 1 N–H and O–H groups in total. The van der Waals surface area contributed by atoms with Crippen molar-refractivity contribution in [2.75, 3.05) is 0 Å². The highest BCUT2D eigenvalue weighted by Crippen LogP contribution is 2.30. The molecule has 0 saturated carbocycles. The molecule has 0 fully saturated rings. The van der Waals surface area contributed by atoms with Gasteiger partial charge in [0.1, 0.15) is 0 Å². The molecule has 5 heteroatoms. The Balaban J connectivity index is 2.32. The van der Waals surface area contributed by atoms with Gasteiger partial charge < -0.3 is 0 Å². The molecule has 24 heavy (non-hydrogen) atoms. The fraction of sp³-hybridized carbons (Fsp3) is 0.105. The minimum Gasteiger partial charge on any atom is -0.293 e. The summed E-state index contributed by atoms with van der Waals surface area (Å²) in [5, 5.41) is 0.915. The molecule has 0 amide bonds. The van der Waals surface area contributed by atoms with E-state index in [4.69, 9.17) is 0 Å². The van der Waals surface area contributed by atoms with Crippen molar-refractivity contribution < 1.29 is 0 Å². The van der Waals surface area contributed by atoms with Gasteiger partial charge in [-0.1, -0.05) is 36.4 Å². The van der Waals surface area contributed by atoms with Crippen molar-refractivity contribution in [3.05, 3.63) is 80.5 Å². The summed E-state index contributed by atoms with van der Waals surface area (Å²) in [4.78, 5) is 30.4. The Bertz CT molecular complexity index is 1150. The van der Waals surface area contributed by atoms with E-state index in [-0.39, 0.29) is 0 Å². The first kappa shape index (κ1) is 14.4. The molecule has 2 aromatic rings. The molecule has 2 aromatic carbocycles. The Morgan fingerprint density at radius 2 is 1.67 bits per heavy atom. The number of nitrogens with one attached hydrogen (secondary N) is 1. The minimum absolute atomic E-state index is 0.375. The lowest BCUT2D eigenvalue weighted by Gasteiger charge is -2.20. The van der Waals surface area contributed by atoms with Crippen molar-refractivity contribution in [1.82, 2.24) is 14.5 Å². The highest BCUT2D eigenvalue weighted by molar-refractivity contribution is 5.87. The average Bonchev–Trinajstić information content (AvgIpc) is 2.54. The molecule has 2 heterocycles. The van der Waals surface area contributed by atoms with Crippen LogP contribution in [0.3, 0.4) is 0 Å². The number of pyridine rings is 1. The van der Waals surface area contributed by atoms with Gasteiger partial charge in [0, 0.05) is 0 Å². The molecule has 0 bridgehead atoms. The van der Waals surface area contributed by atoms with Gasteiger partial charge in [-0.2, -0.15) is 4.98 Å². The second kappa shape index (κ2) is 5.16. The molecule has 118 valence electrons. The maximum absolute atomic E-state index is 12.3. The first-order valence-electron chi connectivity index (χ1n) is 7.67. The summed E-state index contributed by atoms with van der Waals surface area (Å²) in [5.74, 6) is 0.375. The van der Waals surface area contributed by atoms with E-state index in [9.17, 15) is 9.59 Å². The summed E-state index contributed by atoms with van der Waals surface area (Å²) in [6.07, 6.45) is 0. The Morgan fingerprint density at radius 1 is 0.958 bits per heavy atom. The first-order chi connectivity index (χ1) is 11.6. The average molecular weight is 317 g/mol. The molecule has 0 unspecified atom stereocenters. The fourth-order valence-electron chi connectivity index (χ4n) is 3.22. The lowest BCUT2D eigenvalue weighted by Crippen LogP contribution is -2.27. The number of fused-ring (bicyclic) bond motifs is 2. The fourth-order valence-corrected chi connectivity index (χ4v) is 3.22. The smallest absolute Gasteiger partial charge is 0.293 e. The normalized spacial score (nSPS) is 11.2. The highest BCUT2D eigenvalue weighted by Gasteiger charge is 2.19. The second-order valence-corrected chi connectivity index (χ2v) is 5.89. The second-order valence-electron chi connectivity index (χ2n) is 5.89. The zero-order valence-electron chi connectivity index (χ0n) is 13.3. The summed E-state index contributed by atoms with van der Waals surface area (Å²) < 4.78 is 1.91. The molecule has 5 nitrogen and oxygen atoms in total. The number of para-hydroxylation sites is 2. The monoisotopic (exact) mass is 317 g/mol. The third kappa shape index (κ3) is 2.06. The predicted molar refractivity (Wildman–Crippen MR) is 94.1 cm³/mol. The quantitative estimate of drug-likeness (QED) is 0.549. The maximum atomic E-state index is 12.3. The van der Waals surface area contributed by atoms with Crippen molar-refractivity contribution in [3.8, 4) is 17.1 Å². The van der Waals surface area contributed by atoms with E-state index in [1.165, 1.54) is 0 Å². The molecule has 0 atom stereocenters. The number of aromatic amines is 1. The van der Waals surface area contributed by atoms with Gasteiger partial charge in [-0.25, -0.2) is 4.79 Å². The van der Waals surface area contributed by atoms with Crippen molar-refractivity contribution in [3.63, 3.8) is 0 Å². The van der Waals surface area contributed by atoms with Crippen LogP contribution < -0.4 is 11.2 Å². The summed E-state index contributed by atoms with van der Waals surface area (Å²) in [5.41, 5.74) is 3.28. The Hall–Kier alpha value is -3.21. The third-order valence-electron chi connectivity index (χ3n) is 4.27. The lowest BCUT2D eigenvalue weighted by atomic mass is 10.1. The van der Waals surface area contributed by atoms with E-state index in [1.54, 1.807) is 6.07 Å². The third-order valence-corrected chi connectivity index (χ3v) is 4.27. The number of aromatic nitrogens is 3. The van der Waals surface area contributed by atoms with Crippen LogP contribution in [0, 0.1) is 13.8 Å². The van der Waals surface area contributed by atoms with Crippen LogP contribution in [-0.4, -0.2) is 14.5 Å². The minimum atomic E-state index is -0.636. The summed E-state index contributed by atoms with van der Waals surface area (Å²) in [7, 11) is 0. The van der Waals surface area contributed by atoms with Gasteiger partial charge in [0.25, 0.3) is 5.56 Å². The zero-order chi connectivity index (χ0) is 16.8. The lowest BCUT2D eigenvalue weighted by molar-refractivity contribution is 0.949. The van der Waals surface area contributed by atoms with E-state index in [0.717, 1.165) is 27.7 Å². The number of aryl methyl sites for hydroxylation is 2. The number of benzene rings is 2. The van der Waals surface area contributed by atoms with Crippen molar-refractivity contribution in [2.45, 2.75) is 13.8 Å². The molecular formula is C19H15N3O2. The van der Waals surface area contributed by atoms with Crippen LogP contribution in [0.25, 0.3) is 28.0 Å². The van der Waals surface area contributed by atoms with Gasteiger partial charge in [0.15, 0.2) is 5.82 Å². The van der Waals surface area contributed by atoms with E-state index in [0.29, 0.717) is 11.4 Å². The van der Waals surface area contributed by atoms with Crippen molar-refractivity contribution in [2.24, 2.45) is 0 Å². The molecule has 4 rings (SSSR count). The number of hydrogen-bond donors (Lipinski definition) is 1. The molecule has 2 aliphatic heterocycles. The number of hydrogen-bond acceptors (Lipinski definition) is 3. The van der Waals surface area contributed by atoms with Crippen LogP contribution >= 0.6 is 0 Å². The van der Waals surface area contributed by atoms with Gasteiger partial charge in [0.05, 0.1) is 16.8 Å². The topological polar surface area (TPSA) is 67.8 Å². The molecular weight excluding hydrogens is 302 g/mol. The molecule has 0 aliphatic carbocycles. The zero-order valence-corrected chi connectivity index (χ0v) is 13.3. The standard InChI is InChI=1S/C19H15N3O2/c1-11-6-5-7-12(2)16(11)22-15-9-4-3-8-13(15)10-14-17(22)20-19(24)21-18(14)23/h3-10H,1-2H3,(H,21,23,24). The van der Waals surface area contributed by atoms with Crippen LogP contribution in [0.2, 0.25) is 0 Å². The van der Waals surface area contributed by atoms with E-state index >= 15 is 0 Å². The maximum Gasteiger partial charge on any atom is 0.349 e. The largest absolute Gasteiger partial charge is 0.349 e. The highest BCUT2D eigenvalue weighted by atomic mass is 16.2. The molecule has 2 aliphatic rings. The number of rotatable bonds is 1. The van der Waals surface area contributed by atoms with Crippen LogP contribution in [-0.2, 0) is 0 Å². The van der Waals surface area contributed by atoms with Crippen LogP contribution in [0.1, 0.15) is 11.1 Å². The van der Waals surface area contributed by atoms with Crippen molar-refractivity contribution in [1.29, 1.82) is 0 Å². The van der Waals surface area contributed by atoms with Gasteiger partial charge in [0.2, 0.25) is 0 Å². The van der Waals surface area contributed by atoms with Gasteiger partial charge in [-0.3, -0.25) is 14.3 Å². The van der Waals surface area contributed by atoms with Gasteiger partial charge in [-0.05, 0) is 42.5 Å². The molecule has 0 radical (unpaired) electrons. The summed E-state index contributed by atoms with van der Waals surface area (Å²) in [6.45, 7) is 4.02. The SMILES string of the molecule is Cc1cccc(C)c1-n1c2nc(=O)[nH]c(=O)c-2cc2ccccc21. The predicted octanol–water partition coefficient (Wildman–Crippen LogP) is 2.80. The first-order valence-corrected chi connectivity index (χ1v) is 7.67. The Labute approximate surface area is 137 Å². The van der Waals surface area contributed by atoms with E-state index in [2.05, 4.69) is 9.97 Å². The van der Waals surface area contributed by atoms with E-state index < -0.39 is 11.2 Å². The molecule has 0 aromatic heterocycles. The van der Waals surface area contributed by atoms with Crippen LogP contribution in [0.15, 0.2) is 58.1 Å². The number of H-pyrrole nitrogens is 1. The van der Waals surface area contributed by atoms with Crippen LogP contribution in [0.4, 0.5) is 0 Å². The Kier molecular flexibility index (Phi) is 3.09. The van der Waals surface area contributed by atoms with E-state index in [1.807, 2.05) is 60.9 Å².